The second-order valence-corrected chi connectivity index (χ2v) is 12.3. The second-order valence-electron chi connectivity index (χ2n) is 11.3. The van der Waals surface area contributed by atoms with Crippen molar-refractivity contribution in [1.82, 2.24) is 0 Å². The van der Waals surface area contributed by atoms with Gasteiger partial charge in [0.25, 0.3) is 5.17 Å². The van der Waals surface area contributed by atoms with Crippen LogP contribution in [0.15, 0.2) is 96.1 Å². The molecule has 0 atom stereocenters. The topological polar surface area (TPSA) is 103 Å². The first-order valence-electron chi connectivity index (χ1n) is 16.4. The highest BCUT2D eigenvalue weighted by Gasteiger charge is 2.22. The van der Waals surface area contributed by atoms with Gasteiger partial charge in [-0.15, -0.1) is 0 Å². The number of aliphatic imine (C=N–C) groups is 1. The number of carbonyl (C=O) groups excluding carboxylic acids is 1. The van der Waals surface area contributed by atoms with Gasteiger partial charge in [-0.1, -0.05) is 68.8 Å². The van der Waals surface area contributed by atoms with E-state index in [1.807, 2.05) is 60.0 Å². The van der Waals surface area contributed by atoms with Crippen LogP contribution in [0.25, 0.3) is 5.70 Å². The monoisotopic (exact) mass is 667 g/mol. The first-order valence-corrected chi connectivity index (χ1v) is 17.4. The van der Waals surface area contributed by atoms with Crippen molar-refractivity contribution in [2.75, 3.05) is 20.3 Å². The molecule has 4 aromatic carbocycles. The number of aryl methyl sites for hydroxylation is 1. The summed E-state index contributed by atoms with van der Waals surface area (Å²) in [5, 5.41) is 13.9. The number of amidine groups is 1. The lowest BCUT2D eigenvalue weighted by atomic mass is 10.0. The average molecular weight is 668 g/mol. The highest BCUT2D eigenvalue weighted by molar-refractivity contribution is 8.12. The lowest BCUT2D eigenvalue weighted by Crippen LogP contribution is -2.82. The zero-order valence-electron chi connectivity index (χ0n) is 27.7. The molecule has 0 aliphatic carbocycles. The number of nitrogens with two attached hydrogens (primary N) is 1. The van der Waals surface area contributed by atoms with Crippen molar-refractivity contribution in [3.63, 3.8) is 0 Å². The third kappa shape index (κ3) is 8.99. The fraction of sp³-hybridized carbons (Fsp3) is 0.282. The van der Waals surface area contributed by atoms with Crippen LogP contribution in [-0.2, 0) is 23.3 Å². The number of benzene rings is 4. The van der Waals surface area contributed by atoms with Gasteiger partial charge in [-0.25, -0.2) is 4.79 Å². The maximum absolute atomic E-state index is 12.3. The molecular formula is C39H43N2O6S+. The number of phenols is 1. The molecule has 0 amide bonds. The molecule has 0 saturated heterocycles. The molecule has 8 nitrogen and oxygen atoms in total. The van der Waals surface area contributed by atoms with Crippen LogP contribution in [0.3, 0.4) is 0 Å². The van der Waals surface area contributed by atoms with Gasteiger partial charge >= 0.3 is 5.97 Å². The minimum absolute atomic E-state index is 0.178. The van der Waals surface area contributed by atoms with Crippen LogP contribution in [0.5, 0.6) is 28.7 Å². The summed E-state index contributed by atoms with van der Waals surface area (Å²) in [7, 11) is 1.36. The van der Waals surface area contributed by atoms with Gasteiger partial charge in [0.05, 0.1) is 32.1 Å². The van der Waals surface area contributed by atoms with Gasteiger partial charge in [0.1, 0.15) is 34.3 Å². The average Bonchev–Trinajstić information content (AvgIpc) is 3.59. The Kier molecular flexibility index (Phi) is 12.6. The van der Waals surface area contributed by atoms with E-state index < -0.39 is 5.97 Å². The number of aromatic hydroxyl groups is 1. The quantitative estimate of drug-likeness (QED) is 0.0926. The molecule has 1 aliphatic heterocycles. The molecule has 48 heavy (non-hydrogen) atoms. The number of nitrogens with zero attached hydrogens (tertiary/aromatic N) is 1. The van der Waals surface area contributed by atoms with Gasteiger partial charge in [-0.05, 0) is 78.9 Å². The second kappa shape index (κ2) is 17.4. The Bertz CT molecular complexity index is 1760. The van der Waals surface area contributed by atoms with Crippen molar-refractivity contribution in [3.8, 4) is 28.7 Å². The van der Waals surface area contributed by atoms with E-state index in [2.05, 4.69) is 31.0 Å². The first-order chi connectivity index (χ1) is 23.5. The number of quaternary nitrogens is 1. The minimum Gasteiger partial charge on any atom is -0.507 e. The third-order valence-corrected chi connectivity index (χ3v) is 8.86. The van der Waals surface area contributed by atoms with Crippen LogP contribution >= 0.6 is 11.8 Å². The van der Waals surface area contributed by atoms with E-state index >= 15 is 0 Å². The maximum atomic E-state index is 12.3. The molecule has 9 heteroatoms. The number of thioether (sulfide) groups is 1. The van der Waals surface area contributed by atoms with Crippen LogP contribution in [-0.4, -0.2) is 36.6 Å². The lowest BCUT2D eigenvalue weighted by Gasteiger charge is -2.17. The van der Waals surface area contributed by atoms with E-state index in [1.54, 1.807) is 36.0 Å². The van der Waals surface area contributed by atoms with E-state index in [0.717, 1.165) is 71.2 Å². The number of phenolic OH excluding ortho intramolecular Hbond substituents is 1. The van der Waals surface area contributed by atoms with E-state index in [0.29, 0.717) is 36.0 Å². The van der Waals surface area contributed by atoms with Crippen LogP contribution in [0.4, 0.5) is 0 Å². The van der Waals surface area contributed by atoms with Gasteiger partial charge in [0.15, 0.2) is 5.70 Å². The van der Waals surface area contributed by atoms with Crippen molar-refractivity contribution in [3.05, 3.63) is 119 Å². The van der Waals surface area contributed by atoms with Crippen molar-refractivity contribution in [1.29, 1.82) is 0 Å². The molecule has 0 spiro atoms. The van der Waals surface area contributed by atoms with Crippen molar-refractivity contribution < 1.29 is 34.2 Å². The predicted molar refractivity (Wildman–Crippen MR) is 191 cm³/mol. The number of methoxy groups -OCH3 is 1. The largest absolute Gasteiger partial charge is 0.507 e. The smallest absolute Gasteiger partial charge is 0.341 e. The predicted octanol–water partition coefficient (Wildman–Crippen LogP) is 7.89. The molecule has 4 aromatic rings. The number of esters is 1. The summed E-state index contributed by atoms with van der Waals surface area (Å²) in [6.07, 6.45) is 5.84. The number of hydrogen-bond donors (Lipinski definition) is 2. The van der Waals surface area contributed by atoms with E-state index in [-0.39, 0.29) is 5.75 Å². The van der Waals surface area contributed by atoms with E-state index in [9.17, 15) is 9.90 Å². The zero-order chi connectivity index (χ0) is 33.7. The Morgan fingerprint density at radius 2 is 1.56 bits per heavy atom. The van der Waals surface area contributed by atoms with Crippen LogP contribution in [0.2, 0.25) is 0 Å². The molecule has 3 N–H and O–H groups in total. The molecule has 1 heterocycles. The summed E-state index contributed by atoms with van der Waals surface area (Å²) in [6.45, 7) is 5.21. The Morgan fingerprint density at radius 1 is 0.854 bits per heavy atom. The van der Waals surface area contributed by atoms with Gasteiger partial charge in [0, 0.05) is 17.4 Å². The lowest BCUT2D eigenvalue weighted by molar-refractivity contribution is -0.423. The fourth-order valence-electron chi connectivity index (χ4n) is 5.35. The van der Waals surface area contributed by atoms with Crippen LogP contribution < -0.4 is 19.5 Å². The Morgan fingerprint density at radius 3 is 2.31 bits per heavy atom. The molecule has 0 unspecified atom stereocenters. The number of ether oxygens (including phenoxy) is 4. The van der Waals surface area contributed by atoms with E-state index in [1.165, 1.54) is 12.7 Å². The molecule has 0 fully saturated rings. The number of carbonyl (C=O) groups is 1. The highest BCUT2D eigenvalue weighted by Crippen LogP contribution is 2.35. The van der Waals surface area contributed by atoms with E-state index in [4.69, 9.17) is 18.9 Å². The molecule has 5 rings (SSSR count). The third-order valence-electron chi connectivity index (χ3n) is 7.87. The summed E-state index contributed by atoms with van der Waals surface area (Å²) in [6, 6.07) is 26.8. The summed E-state index contributed by atoms with van der Waals surface area (Å²) in [4.78, 5) is 16.8. The molecule has 0 saturated carbocycles. The van der Waals surface area contributed by atoms with Crippen molar-refractivity contribution in [2.24, 2.45) is 4.99 Å². The van der Waals surface area contributed by atoms with Gasteiger partial charge in [-0.3, -0.25) is 5.32 Å². The standard InChI is InChI=1S/C39H42N2O6S/c1-4-14-29-34(19-13-20-35(29)47-36-18-10-9-17-30(36)38(43)44-3)45-21-11-12-22-46-37-24-33(42)31(23-28(37)5-2)32-25-40-39(41-32)48-26-27-15-7-6-8-16-27/h6-10,13,15-20,23-25,42H,4-5,11-12,14,21-22,26H2,1-3H3,(H,40,41)/p+1. The summed E-state index contributed by atoms with van der Waals surface area (Å²) in [5.74, 6) is 3.13. The van der Waals surface area contributed by atoms with Crippen LogP contribution in [0, 0.1) is 0 Å². The maximum Gasteiger partial charge on any atom is 0.341 e. The normalized spacial score (nSPS) is 12.3. The highest BCUT2D eigenvalue weighted by atomic mass is 32.2. The molecular weight excluding hydrogens is 625 g/mol. The SMILES string of the molecule is CCCc1c(OCCCCOc2cc(O)c(C3=CN=C(SCc4ccccc4)[NH2+]3)cc2CC)cccc1Oc1ccccc1C(=O)OC. The van der Waals surface area contributed by atoms with Gasteiger partial charge in [0.2, 0.25) is 0 Å². The zero-order valence-corrected chi connectivity index (χ0v) is 28.6. The molecule has 0 aromatic heterocycles. The Labute approximate surface area is 286 Å². The Balaban J connectivity index is 1.12. The number of para-hydroxylation sites is 1. The molecule has 1 aliphatic rings. The van der Waals surface area contributed by atoms with Gasteiger partial charge < -0.3 is 24.1 Å². The van der Waals surface area contributed by atoms with Crippen LogP contribution in [0.1, 0.15) is 65.7 Å². The van der Waals surface area contributed by atoms with Crippen molar-refractivity contribution >= 4 is 28.6 Å². The minimum atomic E-state index is -0.447. The summed E-state index contributed by atoms with van der Waals surface area (Å²) in [5.41, 5.74) is 5.26. The molecule has 0 bridgehead atoms. The van der Waals surface area contributed by atoms with Crippen molar-refractivity contribution in [2.45, 2.75) is 51.7 Å². The number of rotatable bonds is 16. The van der Waals surface area contributed by atoms with Gasteiger partial charge in [-0.2, -0.15) is 4.99 Å². The summed E-state index contributed by atoms with van der Waals surface area (Å²) >= 11 is 1.68. The fourth-order valence-corrected chi connectivity index (χ4v) is 6.19. The number of unbranched alkanes of at least 4 members (excludes halogenated alkanes) is 1. The molecule has 0 radical (unpaired) electrons. The first kappa shape index (κ1) is 34.6. The Hall–Kier alpha value is -4.73. The summed E-state index contributed by atoms with van der Waals surface area (Å²) < 4.78 is 23.5. The molecule has 250 valence electrons. The number of hydrogen-bond acceptors (Lipinski definition) is 8.